The van der Waals surface area contributed by atoms with E-state index in [9.17, 15) is 4.79 Å². The van der Waals surface area contributed by atoms with Gasteiger partial charge >= 0.3 is 5.97 Å². The Labute approximate surface area is 136 Å². The molecule has 4 nitrogen and oxygen atoms in total. The Balaban J connectivity index is 1.86. The summed E-state index contributed by atoms with van der Waals surface area (Å²) in [5.41, 5.74) is 2.54. The zero-order valence-electron chi connectivity index (χ0n) is 13.3. The van der Waals surface area contributed by atoms with Gasteiger partial charge in [0.1, 0.15) is 12.4 Å². The number of hydrogen-bond donors (Lipinski definition) is 1. The minimum absolute atomic E-state index is 0.310. The quantitative estimate of drug-likeness (QED) is 0.681. The van der Waals surface area contributed by atoms with E-state index in [1.807, 2.05) is 31.3 Å². The van der Waals surface area contributed by atoms with E-state index in [1.54, 1.807) is 24.3 Å². The minimum Gasteiger partial charge on any atom is -0.481 e. The van der Waals surface area contributed by atoms with Crippen molar-refractivity contribution < 1.29 is 14.3 Å². The van der Waals surface area contributed by atoms with E-state index in [0.29, 0.717) is 12.2 Å². The van der Waals surface area contributed by atoms with E-state index in [4.69, 9.17) is 4.74 Å². The predicted octanol–water partition coefficient (Wildman–Crippen LogP) is 2.62. The maximum Gasteiger partial charge on any atom is 0.337 e. The van der Waals surface area contributed by atoms with Gasteiger partial charge in [-0.2, -0.15) is 0 Å². The summed E-state index contributed by atoms with van der Waals surface area (Å²) < 4.78 is 10.2. The number of carbonyl (C=O) groups is 1. The number of methoxy groups -OCH3 is 1. The lowest BCUT2D eigenvalue weighted by Crippen LogP contribution is -2.04. The second kappa shape index (κ2) is 8.62. The summed E-state index contributed by atoms with van der Waals surface area (Å²) in [5, 5.41) is 3.10. The van der Waals surface area contributed by atoms with Gasteiger partial charge in [0.25, 0.3) is 0 Å². The maximum atomic E-state index is 11.3. The van der Waals surface area contributed by atoms with E-state index in [1.165, 1.54) is 12.7 Å². The van der Waals surface area contributed by atoms with Crippen molar-refractivity contribution in [3.8, 4) is 17.6 Å². The van der Waals surface area contributed by atoms with Crippen LogP contribution in [-0.2, 0) is 11.3 Å². The zero-order valence-corrected chi connectivity index (χ0v) is 13.3. The zero-order chi connectivity index (χ0) is 16.5. The van der Waals surface area contributed by atoms with Crippen LogP contribution in [0.15, 0.2) is 48.5 Å². The first-order valence-electron chi connectivity index (χ1n) is 7.26. The molecule has 23 heavy (non-hydrogen) atoms. The SMILES string of the molecule is CNCc1ccc(OCC#Cc2ccc(C(=O)OC)cc2)cc1. The summed E-state index contributed by atoms with van der Waals surface area (Å²) in [6.07, 6.45) is 0. The van der Waals surface area contributed by atoms with Crippen molar-refractivity contribution in [3.63, 3.8) is 0 Å². The normalized spacial score (nSPS) is 9.65. The fourth-order valence-corrected chi connectivity index (χ4v) is 1.97. The molecular formula is C19H19NO3. The molecule has 0 unspecified atom stereocenters. The minimum atomic E-state index is -0.352. The highest BCUT2D eigenvalue weighted by Gasteiger charge is 2.02. The summed E-state index contributed by atoms with van der Waals surface area (Å²) in [5.74, 6) is 6.39. The molecule has 0 fully saturated rings. The molecule has 0 saturated heterocycles. The summed E-state index contributed by atoms with van der Waals surface area (Å²) in [6, 6.07) is 14.8. The summed E-state index contributed by atoms with van der Waals surface area (Å²) in [6.45, 7) is 1.14. The molecule has 0 aliphatic carbocycles. The standard InChI is InChI=1S/C19H19NO3/c1-20-14-16-7-11-18(12-8-16)23-13-3-4-15-5-9-17(10-6-15)19(21)22-2/h5-12,20H,13-14H2,1-2H3. The van der Waals surface area contributed by atoms with Gasteiger partial charge in [-0.25, -0.2) is 4.79 Å². The van der Waals surface area contributed by atoms with Gasteiger partial charge in [0.15, 0.2) is 0 Å². The molecule has 0 amide bonds. The van der Waals surface area contributed by atoms with Gasteiger partial charge in [-0.3, -0.25) is 0 Å². The fraction of sp³-hybridized carbons (Fsp3) is 0.211. The van der Waals surface area contributed by atoms with Crippen LogP contribution in [0.1, 0.15) is 21.5 Å². The summed E-state index contributed by atoms with van der Waals surface area (Å²) in [4.78, 5) is 11.3. The monoisotopic (exact) mass is 309 g/mol. The molecule has 0 spiro atoms. The third kappa shape index (κ3) is 5.17. The van der Waals surface area contributed by atoms with Gasteiger partial charge in [0.2, 0.25) is 0 Å². The van der Waals surface area contributed by atoms with Gasteiger partial charge in [-0.1, -0.05) is 24.0 Å². The molecule has 118 valence electrons. The highest BCUT2D eigenvalue weighted by molar-refractivity contribution is 5.89. The van der Waals surface area contributed by atoms with Crippen LogP contribution in [0.5, 0.6) is 5.75 Å². The first-order chi connectivity index (χ1) is 11.2. The smallest absolute Gasteiger partial charge is 0.337 e. The first-order valence-corrected chi connectivity index (χ1v) is 7.26. The van der Waals surface area contributed by atoms with Crippen LogP contribution in [0, 0.1) is 11.8 Å². The number of ether oxygens (including phenoxy) is 2. The molecule has 0 heterocycles. The van der Waals surface area contributed by atoms with Crippen molar-refractivity contribution in [3.05, 3.63) is 65.2 Å². The second-order valence-electron chi connectivity index (χ2n) is 4.83. The van der Waals surface area contributed by atoms with Gasteiger partial charge < -0.3 is 14.8 Å². The number of rotatable bonds is 5. The van der Waals surface area contributed by atoms with Crippen LogP contribution in [0.4, 0.5) is 0 Å². The van der Waals surface area contributed by atoms with Gasteiger partial charge in [0.05, 0.1) is 12.7 Å². The molecule has 0 atom stereocenters. The molecule has 2 aromatic rings. The lowest BCUT2D eigenvalue weighted by Gasteiger charge is -2.03. The number of hydrogen-bond acceptors (Lipinski definition) is 4. The summed E-state index contributed by atoms with van der Waals surface area (Å²) >= 11 is 0. The van der Waals surface area contributed by atoms with Crippen LogP contribution in [0.3, 0.4) is 0 Å². The van der Waals surface area contributed by atoms with Crippen molar-refractivity contribution in [2.75, 3.05) is 20.8 Å². The van der Waals surface area contributed by atoms with Crippen LogP contribution in [-0.4, -0.2) is 26.7 Å². The molecule has 0 aromatic heterocycles. The van der Waals surface area contributed by atoms with E-state index < -0.39 is 0 Å². The van der Waals surface area contributed by atoms with Crippen molar-refractivity contribution in [2.24, 2.45) is 0 Å². The van der Waals surface area contributed by atoms with Crippen LogP contribution in [0.2, 0.25) is 0 Å². The number of benzene rings is 2. The maximum absolute atomic E-state index is 11.3. The van der Waals surface area contributed by atoms with E-state index in [0.717, 1.165) is 17.9 Å². The number of carbonyl (C=O) groups excluding carboxylic acids is 1. The molecule has 1 N–H and O–H groups in total. The Hall–Kier alpha value is -2.77. The number of esters is 1. The largest absolute Gasteiger partial charge is 0.481 e. The first kappa shape index (κ1) is 16.6. The lowest BCUT2D eigenvalue weighted by molar-refractivity contribution is 0.0600. The van der Waals surface area contributed by atoms with E-state index in [2.05, 4.69) is 21.9 Å². The Morgan fingerprint density at radius 3 is 2.39 bits per heavy atom. The molecule has 0 radical (unpaired) electrons. The van der Waals surface area contributed by atoms with Crippen molar-refractivity contribution in [1.29, 1.82) is 0 Å². The molecule has 2 rings (SSSR count). The Kier molecular flexibility index (Phi) is 6.22. The molecule has 0 saturated carbocycles. The molecule has 2 aromatic carbocycles. The highest BCUT2D eigenvalue weighted by atomic mass is 16.5. The Morgan fingerprint density at radius 1 is 1.09 bits per heavy atom. The topological polar surface area (TPSA) is 47.6 Å². The van der Waals surface area contributed by atoms with Gasteiger partial charge in [-0.05, 0) is 49.0 Å². The van der Waals surface area contributed by atoms with Gasteiger partial charge in [0, 0.05) is 12.1 Å². The molecule has 4 heteroatoms. The van der Waals surface area contributed by atoms with Crippen molar-refractivity contribution in [2.45, 2.75) is 6.54 Å². The number of nitrogens with one attached hydrogen (secondary N) is 1. The molecule has 0 aliphatic rings. The Bertz CT molecular complexity index is 694. The van der Waals surface area contributed by atoms with Crippen LogP contribution in [0.25, 0.3) is 0 Å². The van der Waals surface area contributed by atoms with Crippen LogP contribution >= 0.6 is 0 Å². The van der Waals surface area contributed by atoms with Gasteiger partial charge in [-0.15, -0.1) is 0 Å². The summed E-state index contributed by atoms with van der Waals surface area (Å²) in [7, 11) is 3.27. The third-order valence-electron chi connectivity index (χ3n) is 3.15. The molecular weight excluding hydrogens is 290 g/mol. The average molecular weight is 309 g/mol. The lowest BCUT2D eigenvalue weighted by atomic mass is 10.1. The Morgan fingerprint density at radius 2 is 1.78 bits per heavy atom. The van der Waals surface area contributed by atoms with E-state index >= 15 is 0 Å². The molecule has 0 bridgehead atoms. The molecule has 0 aliphatic heterocycles. The van der Waals surface area contributed by atoms with Crippen molar-refractivity contribution >= 4 is 5.97 Å². The van der Waals surface area contributed by atoms with E-state index in [-0.39, 0.29) is 5.97 Å². The van der Waals surface area contributed by atoms with Crippen molar-refractivity contribution in [1.82, 2.24) is 5.32 Å². The predicted molar refractivity (Wildman–Crippen MR) is 89.4 cm³/mol. The average Bonchev–Trinajstić information content (AvgIpc) is 2.60. The third-order valence-corrected chi connectivity index (χ3v) is 3.15. The second-order valence-corrected chi connectivity index (χ2v) is 4.83. The fourth-order valence-electron chi connectivity index (χ4n) is 1.97. The van der Waals surface area contributed by atoms with Crippen LogP contribution < -0.4 is 10.1 Å². The highest BCUT2D eigenvalue weighted by Crippen LogP contribution is 2.11.